The monoisotopic (exact) mass is 423 g/mol. The topological polar surface area (TPSA) is 105 Å². The van der Waals surface area contributed by atoms with Crippen molar-refractivity contribution in [2.45, 2.75) is 50.5 Å². The number of pyridine rings is 1. The molecule has 0 radical (unpaired) electrons. The molecule has 1 amide bonds. The van der Waals surface area contributed by atoms with E-state index in [0.717, 1.165) is 18.5 Å². The molecule has 7 nitrogen and oxygen atoms in total. The van der Waals surface area contributed by atoms with Crippen molar-refractivity contribution in [3.05, 3.63) is 47.4 Å². The standard InChI is InChI=1S/C23H22FN3O4/c24-17-4-2-1-3-15(17)18-11-16(19-20(12-5-6-12)27-31-22(19)26-18)21(28)25-14-9-7-13(8-10-14)23(29)30/h1-4,11-14H,5-10H2,(H,25,28)(H,29,30). The van der Waals surface area contributed by atoms with Crippen LogP contribution in [-0.2, 0) is 4.79 Å². The first kappa shape index (κ1) is 19.7. The highest BCUT2D eigenvalue weighted by molar-refractivity contribution is 6.07. The first-order valence-electron chi connectivity index (χ1n) is 10.6. The lowest BCUT2D eigenvalue weighted by molar-refractivity contribution is -0.142. The summed E-state index contributed by atoms with van der Waals surface area (Å²) in [4.78, 5) is 28.9. The highest BCUT2D eigenvalue weighted by atomic mass is 19.1. The number of carbonyl (C=O) groups is 2. The maximum Gasteiger partial charge on any atom is 0.306 e. The minimum Gasteiger partial charge on any atom is -0.481 e. The van der Waals surface area contributed by atoms with Gasteiger partial charge in [-0.1, -0.05) is 17.3 Å². The van der Waals surface area contributed by atoms with Crippen LogP contribution >= 0.6 is 0 Å². The number of hydrogen-bond acceptors (Lipinski definition) is 5. The van der Waals surface area contributed by atoms with Crippen molar-refractivity contribution < 1.29 is 23.6 Å². The Labute approximate surface area is 177 Å². The number of fused-ring (bicyclic) bond motifs is 1. The number of nitrogens with zero attached hydrogens (tertiary/aromatic N) is 2. The van der Waals surface area contributed by atoms with Crippen LogP contribution in [0.2, 0.25) is 0 Å². The van der Waals surface area contributed by atoms with E-state index in [-0.39, 0.29) is 35.1 Å². The number of benzene rings is 1. The van der Waals surface area contributed by atoms with E-state index in [1.807, 2.05) is 0 Å². The van der Waals surface area contributed by atoms with Gasteiger partial charge in [-0.25, -0.2) is 9.37 Å². The van der Waals surface area contributed by atoms with E-state index < -0.39 is 11.8 Å². The van der Waals surface area contributed by atoms with Gasteiger partial charge in [0.1, 0.15) is 5.82 Å². The average molecular weight is 423 g/mol. The minimum absolute atomic E-state index is 0.104. The number of aliphatic carboxylic acids is 1. The summed E-state index contributed by atoms with van der Waals surface area (Å²) in [6.07, 6.45) is 4.25. The molecule has 0 bridgehead atoms. The molecule has 2 heterocycles. The third kappa shape index (κ3) is 3.78. The molecule has 2 fully saturated rings. The van der Waals surface area contributed by atoms with Gasteiger partial charge in [-0.15, -0.1) is 0 Å². The molecule has 0 unspecified atom stereocenters. The van der Waals surface area contributed by atoms with Gasteiger partial charge in [-0.2, -0.15) is 0 Å². The van der Waals surface area contributed by atoms with Crippen LogP contribution in [0.5, 0.6) is 0 Å². The Morgan fingerprint density at radius 2 is 1.84 bits per heavy atom. The third-order valence-corrected chi connectivity index (χ3v) is 6.24. The highest BCUT2D eigenvalue weighted by Crippen LogP contribution is 2.43. The van der Waals surface area contributed by atoms with E-state index in [2.05, 4.69) is 15.5 Å². The molecule has 3 aromatic rings. The smallest absolute Gasteiger partial charge is 0.306 e. The minimum atomic E-state index is -0.784. The Kier molecular flexibility index (Phi) is 4.92. The number of halogens is 1. The van der Waals surface area contributed by atoms with Crippen molar-refractivity contribution >= 4 is 23.0 Å². The summed E-state index contributed by atoms with van der Waals surface area (Å²) in [5.41, 5.74) is 1.91. The zero-order chi connectivity index (χ0) is 21.5. The number of nitrogens with one attached hydrogen (secondary N) is 1. The molecule has 2 aliphatic rings. The number of aromatic nitrogens is 2. The molecule has 0 spiro atoms. The molecule has 2 aliphatic carbocycles. The van der Waals surface area contributed by atoms with Crippen LogP contribution in [0.15, 0.2) is 34.9 Å². The highest BCUT2D eigenvalue weighted by Gasteiger charge is 2.33. The lowest BCUT2D eigenvalue weighted by Crippen LogP contribution is -2.38. The van der Waals surface area contributed by atoms with Gasteiger partial charge in [0, 0.05) is 17.5 Å². The Morgan fingerprint density at radius 1 is 1.10 bits per heavy atom. The van der Waals surface area contributed by atoms with Gasteiger partial charge < -0.3 is 14.9 Å². The molecular formula is C23H22FN3O4. The number of rotatable bonds is 5. The second-order valence-corrected chi connectivity index (χ2v) is 8.42. The summed E-state index contributed by atoms with van der Waals surface area (Å²) < 4.78 is 19.8. The number of carbonyl (C=O) groups excluding carboxylic acids is 1. The van der Waals surface area contributed by atoms with E-state index >= 15 is 0 Å². The second kappa shape index (κ2) is 7.76. The number of carboxylic acid groups (broad SMARTS) is 1. The first-order valence-corrected chi connectivity index (χ1v) is 10.6. The SMILES string of the molecule is O=C(NC1CCC(C(=O)O)CC1)c1cc(-c2ccccc2F)nc2onc(C3CC3)c12. The van der Waals surface area contributed by atoms with Gasteiger partial charge in [-0.3, -0.25) is 9.59 Å². The Bertz CT molecular complexity index is 1160. The predicted molar refractivity (Wildman–Crippen MR) is 110 cm³/mol. The molecule has 1 aromatic carbocycles. The maximum absolute atomic E-state index is 14.4. The zero-order valence-corrected chi connectivity index (χ0v) is 16.8. The largest absolute Gasteiger partial charge is 0.481 e. The van der Waals surface area contributed by atoms with Gasteiger partial charge in [-0.05, 0) is 56.7 Å². The Balaban J connectivity index is 1.50. The summed E-state index contributed by atoms with van der Waals surface area (Å²) in [5.74, 6) is -1.62. The number of amides is 1. The van der Waals surface area contributed by atoms with Crippen molar-refractivity contribution in [2.75, 3.05) is 0 Å². The van der Waals surface area contributed by atoms with Crippen LogP contribution in [0.1, 0.15) is 60.5 Å². The van der Waals surface area contributed by atoms with Crippen molar-refractivity contribution in [3.8, 4) is 11.3 Å². The Morgan fingerprint density at radius 3 is 2.52 bits per heavy atom. The van der Waals surface area contributed by atoms with Crippen LogP contribution in [0.4, 0.5) is 4.39 Å². The van der Waals surface area contributed by atoms with Crippen molar-refractivity contribution in [3.63, 3.8) is 0 Å². The zero-order valence-electron chi connectivity index (χ0n) is 16.8. The van der Waals surface area contributed by atoms with Gasteiger partial charge in [0.15, 0.2) is 0 Å². The lowest BCUT2D eigenvalue weighted by Gasteiger charge is -2.27. The first-order chi connectivity index (χ1) is 15.0. The van der Waals surface area contributed by atoms with Crippen LogP contribution in [0, 0.1) is 11.7 Å². The number of hydrogen-bond donors (Lipinski definition) is 2. The molecule has 160 valence electrons. The molecule has 0 aliphatic heterocycles. The summed E-state index contributed by atoms with van der Waals surface area (Å²) in [7, 11) is 0. The fraction of sp³-hybridized carbons (Fsp3) is 0.391. The molecular weight excluding hydrogens is 401 g/mol. The van der Waals surface area contributed by atoms with Gasteiger partial charge in [0.2, 0.25) is 0 Å². The molecule has 0 saturated heterocycles. The van der Waals surface area contributed by atoms with Crippen molar-refractivity contribution in [1.82, 2.24) is 15.5 Å². The summed E-state index contributed by atoms with van der Waals surface area (Å²) >= 11 is 0. The molecule has 2 saturated carbocycles. The van der Waals surface area contributed by atoms with Crippen molar-refractivity contribution in [1.29, 1.82) is 0 Å². The van der Waals surface area contributed by atoms with E-state index in [9.17, 15) is 19.1 Å². The number of carboxylic acids is 1. The van der Waals surface area contributed by atoms with E-state index in [1.54, 1.807) is 24.3 Å². The van der Waals surface area contributed by atoms with Crippen LogP contribution in [-0.4, -0.2) is 33.2 Å². The fourth-order valence-electron chi connectivity index (χ4n) is 4.34. The molecule has 0 atom stereocenters. The van der Waals surface area contributed by atoms with Crippen LogP contribution < -0.4 is 5.32 Å². The van der Waals surface area contributed by atoms with Gasteiger partial charge in [0.25, 0.3) is 11.6 Å². The van der Waals surface area contributed by atoms with E-state index in [1.165, 1.54) is 6.07 Å². The summed E-state index contributed by atoms with van der Waals surface area (Å²) in [6, 6.07) is 7.75. The second-order valence-electron chi connectivity index (χ2n) is 8.42. The third-order valence-electron chi connectivity index (χ3n) is 6.24. The van der Waals surface area contributed by atoms with Gasteiger partial charge in [0.05, 0.1) is 28.3 Å². The average Bonchev–Trinajstić information content (AvgIpc) is 3.52. The fourth-order valence-corrected chi connectivity index (χ4v) is 4.34. The molecule has 8 heteroatoms. The Hall–Kier alpha value is -3.29. The van der Waals surface area contributed by atoms with E-state index in [4.69, 9.17) is 4.52 Å². The molecule has 2 N–H and O–H groups in total. The maximum atomic E-state index is 14.4. The molecule has 5 rings (SSSR count). The van der Waals surface area contributed by atoms with Gasteiger partial charge >= 0.3 is 5.97 Å². The summed E-state index contributed by atoms with van der Waals surface area (Å²) in [5, 5.41) is 17.0. The lowest BCUT2D eigenvalue weighted by atomic mass is 9.86. The van der Waals surface area contributed by atoms with Crippen molar-refractivity contribution in [2.24, 2.45) is 5.92 Å². The molecule has 31 heavy (non-hydrogen) atoms. The predicted octanol–water partition coefficient (Wildman–Crippen LogP) is 4.28. The van der Waals surface area contributed by atoms with Crippen LogP contribution in [0.3, 0.4) is 0 Å². The quantitative estimate of drug-likeness (QED) is 0.635. The van der Waals surface area contributed by atoms with E-state index in [0.29, 0.717) is 42.3 Å². The molecule has 2 aromatic heterocycles. The normalized spacial score (nSPS) is 21.2. The van der Waals surface area contributed by atoms with Crippen LogP contribution in [0.25, 0.3) is 22.4 Å². The summed E-state index contributed by atoms with van der Waals surface area (Å²) in [6.45, 7) is 0.